The highest BCUT2D eigenvalue weighted by atomic mass is 14.9. The molecule has 0 radical (unpaired) electrons. The summed E-state index contributed by atoms with van der Waals surface area (Å²) in [5.74, 6) is 0.766. The molecule has 106 valence electrons. The number of hydrogen-bond donors (Lipinski definition) is 1. The van der Waals surface area contributed by atoms with Gasteiger partial charge >= 0.3 is 0 Å². The lowest BCUT2D eigenvalue weighted by Crippen LogP contribution is -2.29. The number of rotatable bonds is 5. The molecule has 0 saturated heterocycles. The Labute approximate surface area is 118 Å². The maximum atomic E-state index is 3.66. The van der Waals surface area contributed by atoms with Crippen molar-refractivity contribution < 1.29 is 0 Å². The number of aryl methyl sites for hydroxylation is 1. The minimum absolute atomic E-state index is 0.729. The van der Waals surface area contributed by atoms with Crippen LogP contribution in [0.4, 0.5) is 0 Å². The summed E-state index contributed by atoms with van der Waals surface area (Å²) in [7, 11) is 0. The normalized spacial score (nSPS) is 24.1. The summed E-state index contributed by atoms with van der Waals surface area (Å²) in [5, 5.41) is 3.66. The van der Waals surface area contributed by atoms with Gasteiger partial charge in [0.1, 0.15) is 0 Å². The molecule has 0 bridgehead atoms. The minimum Gasteiger partial charge on any atom is -0.314 e. The molecule has 1 nitrogen and oxygen atoms in total. The predicted octanol–water partition coefficient (Wildman–Crippen LogP) is 4.66. The molecule has 1 saturated carbocycles. The molecular formula is C18H29N. The van der Waals surface area contributed by atoms with E-state index < -0.39 is 0 Å². The van der Waals surface area contributed by atoms with E-state index in [4.69, 9.17) is 0 Å². The molecule has 1 N–H and O–H groups in total. The molecule has 1 aromatic carbocycles. The van der Waals surface area contributed by atoms with Crippen LogP contribution in [0, 0.1) is 0 Å². The Bertz CT molecular complexity index is 354. The molecule has 0 aromatic heterocycles. The molecule has 1 aliphatic carbocycles. The molecule has 2 unspecified atom stereocenters. The summed E-state index contributed by atoms with van der Waals surface area (Å²) in [6, 6.07) is 10.2. The summed E-state index contributed by atoms with van der Waals surface area (Å²) in [5.41, 5.74) is 3.05. The summed E-state index contributed by atoms with van der Waals surface area (Å²) >= 11 is 0. The van der Waals surface area contributed by atoms with E-state index in [1.807, 2.05) is 0 Å². The monoisotopic (exact) mass is 259 g/mol. The molecule has 1 fully saturated rings. The van der Waals surface area contributed by atoms with E-state index >= 15 is 0 Å². The second-order valence-corrected chi connectivity index (χ2v) is 5.96. The third-order valence-corrected chi connectivity index (χ3v) is 4.41. The van der Waals surface area contributed by atoms with Gasteiger partial charge in [-0.2, -0.15) is 0 Å². The lowest BCUT2D eigenvalue weighted by Gasteiger charge is -2.21. The molecule has 2 atom stereocenters. The van der Waals surface area contributed by atoms with Crippen LogP contribution in [0.25, 0.3) is 0 Å². The van der Waals surface area contributed by atoms with E-state index in [2.05, 4.69) is 43.4 Å². The van der Waals surface area contributed by atoms with Crippen LogP contribution in [-0.2, 0) is 6.42 Å². The van der Waals surface area contributed by atoms with Crippen LogP contribution in [0.3, 0.4) is 0 Å². The lowest BCUT2D eigenvalue weighted by molar-refractivity contribution is 0.449. The van der Waals surface area contributed by atoms with Gasteiger partial charge in [-0.25, -0.2) is 0 Å². The van der Waals surface area contributed by atoms with Gasteiger partial charge in [-0.3, -0.25) is 0 Å². The average molecular weight is 259 g/mol. The van der Waals surface area contributed by atoms with Crippen LogP contribution >= 0.6 is 0 Å². The van der Waals surface area contributed by atoms with Crippen LogP contribution in [0.1, 0.15) is 69.4 Å². The van der Waals surface area contributed by atoms with Crippen molar-refractivity contribution in [1.29, 1.82) is 0 Å². The molecule has 1 heteroatoms. The molecular weight excluding hydrogens is 230 g/mol. The van der Waals surface area contributed by atoms with Crippen LogP contribution in [0.15, 0.2) is 24.3 Å². The SMILES string of the molecule is CCCc1ccc(C2CCCCC(NCC)C2)cc1. The Morgan fingerprint density at radius 2 is 1.79 bits per heavy atom. The van der Waals surface area contributed by atoms with Gasteiger partial charge in [-0.05, 0) is 49.3 Å². The largest absolute Gasteiger partial charge is 0.314 e. The molecule has 0 spiro atoms. The summed E-state index contributed by atoms with van der Waals surface area (Å²) < 4.78 is 0. The molecule has 2 rings (SSSR count). The lowest BCUT2D eigenvalue weighted by atomic mass is 9.89. The third-order valence-electron chi connectivity index (χ3n) is 4.41. The highest BCUT2D eigenvalue weighted by Gasteiger charge is 2.20. The second kappa shape index (κ2) is 7.69. The Hall–Kier alpha value is -0.820. The second-order valence-electron chi connectivity index (χ2n) is 5.96. The molecule has 1 aromatic rings. The Morgan fingerprint density at radius 1 is 1.05 bits per heavy atom. The van der Waals surface area contributed by atoms with E-state index in [1.54, 1.807) is 5.56 Å². The summed E-state index contributed by atoms with van der Waals surface area (Å²) in [4.78, 5) is 0. The molecule has 1 aliphatic rings. The first-order valence-electron chi connectivity index (χ1n) is 8.15. The molecule has 0 amide bonds. The predicted molar refractivity (Wildman–Crippen MR) is 83.7 cm³/mol. The molecule has 19 heavy (non-hydrogen) atoms. The fraction of sp³-hybridized carbons (Fsp3) is 0.667. The van der Waals surface area contributed by atoms with E-state index in [9.17, 15) is 0 Å². The van der Waals surface area contributed by atoms with Crippen molar-refractivity contribution in [2.24, 2.45) is 0 Å². The zero-order chi connectivity index (χ0) is 13.5. The Kier molecular flexibility index (Phi) is 5.91. The highest BCUT2D eigenvalue weighted by molar-refractivity contribution is 5.26. The number of nitrogens with one attached hydrogen (secondary N) is 1. The molecule has 0 heterocycles. The van der Waals surface area contributed by atoms with Crippen LogP contribution in [0.5, 0.6) is 0 Å². The zero-order valence-electron chi connectivity index (χ0n) is 12.6. The van der Waals surface area contributed by atoms with E-state index in [-0.39, 0.29) is 0 Å². The van der Waals surface area contributed by atoms with Gasteiger partial charge < -0.3 is 5.32 Å². The summed E-state index contributed by atoms with van der Waals surface area (Å²) in [6.07, 6.45) is 9.29. The van der Waals surface area contributed by atoms with Crippen molar-refractivity contribution in [1.82, 2.24) is 5.32 Å². The van der Waals surface area contributed by atoms with Crippen molar-refractivity contribution in [3.63, 3.8) is 0 Å². The van der Waals surface area contributed by atoms with Crippen molar-refractivity contribution in [2.45, 2.75) is 70.8 Å². The van der Waals surface area contributed by atoms with Crippen LogP contribution in [0.2, 0.25) is 0 Å². The maximum Gasteiger partial charge on any atom is 0.00727 e. The van der Waals surface area contributed by atoms with Gasteiger partial charge in [0, 0.05) is 6.04 Å². The van der Waals surface area contributed by atoms with Crippen molar-refractivity contribution in [3.8, 4) is 0 Å². The third kappa shape index (κ3) is 4.35. The first kappa shape index (κ1) is 14.6. The zero-order valence-corrected chi connectivity index (χ0v) is 12.6. The maximum absolute atomic E-state index is 3.66. The Balaban J connectivity index is 2.01. The van der Waals surface area contributed by atoms with Gasteiger partial charge in [-0.1, -0.05) is 57.4 Å². The number of hydrogen-bond acceptors (Lipinski definition) is 1. The Morgan fingerprint density at radius 3 is 2.47 bits per heavy atom. The van der Waals surface area contributed by atoms with Gasteiger partial charge in [0.25, 0.3) is 0 Å². The van der Waals surface area contributed by atoms with Crippen molar-refractivity contribution in [2.75, 3.05) is 6.54 Å². The summed E-state index contributed by atoms with van der Waals surface area (Å²) in [6.45, 7) is 5.58. The van der Waals surface area contributed by atoms with Gasteiger partial charge in [0.2, 0.25) is 0 Å². The smallest absolute Gasteiger partial charge is 0.00727 e. The standard InChI is InChI=1S/C18H29N/c1-3-7-15-10-12-16(13-11-15)17-8-5-6-9-18(14-17)19-4-2/h10-13,17-19H,3-9,14H2,1-2H3. The molecule has 0 aliphatic heterocycles. The fourth-order valence-electron chi connectivity index (χ4n) is 3.38. The first-order chi connectivity index (χ1) is 9.33. The average Bonchev–Trinajstić information content (AvgIpc) is 2.66. The fourth-order valence-corrected chi connectivity index (χ4v) is 3.38. The first-order valence-corrected chi connectivity index (χ1v) is 8.15. The van der Waals surface area contributed by atoms with E-state index in [1.165, 1.54) is 50.5 Å². The number of benzene rings is 1. The van der Waals surface area contributed by atoms with Crippen LogP contribution < -0.4 is 5.32 Å². The minimum atomic E-state index is 0.729. The van der Waals surface area contributed by atoms with Crippen LogP contribution in [-0.4, -0.2) is 12.6 Å². The topological polar surface area (TPSA) is 12.0 Å². The van der Waals surface area contributed by atoms with E-state index in [0.29, 0.717) is 0 Å². The quantitative estimate of drug-likeness (QED) is 0.758. The van der Waals surface area contributed by atoms with Gasteiger partial charge in [0.15, 0.2) is 0 Å². The van der Waals surface area contributed by atoms with E-state index in [0.717, 1.165) is 18.5 Å². The van der Waals surface area contributed by atoms with Crippen molar-refractivity contribution in [3.05, 3.63) is 35.4 Å². The van der Waals surface area contributed by atoms with Gasteiger partial charge in [-0.15, -0.1) is 0 Å². The van der Waals surface area contributed by atoms with Crippen molar-refractivity contribution >= 4 is 0 Å². The highest BCUT2D eigenvalue weighted by Crippen LogP contribution is 2.32. The van der Waals surface area contributed by atoms with Gasteiger partial charge in [0.05, 0.1) is 0 Å².